The van der Waals surface area contributed by atoms with Crippen molar-refractivity contribution < 1.29 is 18.0 Å². The number of fused-ring (bicyclic) bond motifs is 1. The van der Waals surface area contributed by atoms with Gasteiger partial charge in [-0.1, -0.05) is 19.9 Å². The van der Waals surface area contributed by atoms with Crippen LogP contribution in [0.15, 0.2) is 40.6 Å². The maximum absolute atomic E-state index is 12.8. The Kier molecular flexibility index (Phi) is 7.85. The fourth-order valence-corrected chi connectivity index (χ4v) is 5.93. The number of benzene rings is 1. The van der Waals surface area contributed by atoms with Gasteiger partial charge < -0.3 is 10.2 Å². The van der Waals surface area contributed by atoms with Crippen molar-refractivity contribution >= 4 is 38.9 Å². The Balaban J connectivity index is 1.63. The van der Waals surface area contributed by atoms with Crippen molar-refractivity contribution in [2.45, 2.75) is 44.4 Å². The summed E-state index contributed by atoms with van der Waals surface area (Å²) >= 11 is 1.38. The van der Waals surface area contributed by atoms with E-state index in [4.69, 9.17) is 0 Å². The van der Waals surface area contributed by atoms with Gasteiger partial charge in [-0.3, -0.25) is 9.59 Å². The van der Waals surface area contributed by atoms with Gasteiger partial charge in [-0.05, 0) is 54.5 Å². The minimum atomic E-state index is -3.53. The number of hydrogen-bond acceptors (Lipinski definition) is 5. The van der Waals surface area contributed by atoms with Crippen LogP contribution < -0.4 is 10.2 Å². The minimum Gasteiger partial charge on any atom is -0.351 e. The van der Waals surface area contributed by atoms with Crippen LogP contribution in [0.5, 0.6) is 0 Å². The predicted octanol–water partition coefficient (Wildman–Crippen LogP) is 3.27. The Labute approximate surface area is 188 Å². The first-order chi connectivity index (χ1) is 14.9. The van der Waals surface area contributed by atoms with Crippen molar-refractivity contribution in [3.05, 3.63) is 46.2 Å². The molecule has 0 unspecified atom stereocenters. The van der Waals surface area contributed by atoms with Crippen molar-refractivity contribution in [1.29, 1.82) is 0 Å². The SMILES string of the molecule is CCN(CC)S(=O)(=O)c1ccc2c(c1)CCCN2C(=O)CCCNC(=O)c1cccs1. The number of nitrogens with one attached hydrogen (secondary N) is 1. The number of amides is 2. The number of sulfonamides is 1. The highest BCUT2D eigenvalue weighted by Crippen LogP contribution is 2.31. The molecule has 1 aliphatic heterocycles. The lowest BCUT2D eigenvalue weighted by Gasteiger charge is -2.30. The van der Waals surface area contributed by atoms with Crippen LogP contribution in [-0.2, 0) is 21.2 Å². The standard InChI is InChI=1S/C22H29N3O4S2/c1-3-24(4-2)31(28,29)18-11-12-19-17(16-18)8-6-14-25(19)21(26)10-5-13-23-22(27)20-9-7-15-30-20/h7,9,11-12,15-16H,3-6,8,10,13-14H2,1-2H3,(H,23,27). The van der Waals surface area contributed by atoms with Gasteiger partial charge in [0.25, 0.3) is 5.91 Å². The quantitative estimate of drug-likeness (QED) is 0.578. The van der Waals surface area contributed by atoms with E-state index in [2.05, 4.69) is 5.32 Å². The van der Waals surface area contributed by atoms with E-state index in [0.29, 0.717) is 43.9 Å². The van der Waals surface area contributed by atoms with Crippen molar-refractivity contribution in [3.63, 3.8) is 0 Å². The molecule has 31 heavy (non-hydrogen) atoms. The van der Waals surface area contributed by atoms with Gasteiger partial charge in [0.05, 0.1) is 9.77 Å². The van der Waals surface area contributed by atoms with Crippen LogP contribution >= 0.6 is 11.3 Å². The molecule has 0 fully saturated rings. The summed E-state index contributed by atoms with van der Waals surface area (Å²) < 4.78 is 27.1. The molecule has 0 atom stereocenters. The molecule has 0 saturated heterocycles. The third-order valence-corrected chi connectivity index (χ3v) is 8.33. The smallest absolute Gasteiger partial charge is 0.261 e. The van der Waals surface area contributed by atoms with Crippen molar-refractivity contribution in [2.75, 3.05) is 31.1 Å². The number of rotatable bonds is 9. The molecular formula is C22H29N3O4S2. The highest BCUT2D eigenvalue weighted by atomic mass is 32.2. The molecule has 0 aliphatic carbocycles. The maximum atomic E-state index is 12.8. The molecule has 0 saturated carbocycles. The van der Waals surface area contributed by atoms with Gasteiger partial charge >= 0.3 is 0 Å². The van der Waals surface area contributed by atoms with Gasteiger partial charge in [0.2, 0.25) is 15.9 Å². The Morgan fingerprint density at radius 2 is 1.97 bits per heavy atom. The predicted molar refractivity (Wildman–Crippen MR) is 123 cm³/mol. The first-order valence-corrected chi connectivity index (χ1v) is 13.0. The molecule has 1 aromatic carbocycles. The minimum absolute atomic E-state index is 0.00864. The molecular weight excluding hydrogens is 434 g/mol. The summed E-state index contributed by atoms with van der Waals surface area (Å²) in [6, 6.07) is 8.66. The molecule has 9 heteroatoms. The highest BCUT2D eigenvalue weighted by Gasteiger charge is 2.26. The second-order valence-electron chi connectivity index (χ2n) is 7.37. The summed E-state index contributed by atoms with van der Waals surface area (Å²) in [6.07, 6.45) is 2.42. The Morgan fingerprint density at radius 3 is 2.65 bits per heavy atom. The van der Waals surface area contributed by atoms with Crippen LogP contribution in [-0.4, -0.2) is 50.7 Å². The van der Waals surface area contributed by atoms with E-state index in [0.717, 1.165) is 24.1 Å². The molecule has 2 heterocycles. The summed E-state index contributed by atoms with van der Waals surface area (Å²) in [5.41, 5.74) is 1.68. The fraction of sp³-hybridized carbons (Fsp3) is 0.455. The van der Waals surface area contributed by atoms with Crippen LogP contribution in [0, 0.1) is 0 Å². The molecule has 168 valence electrons. The Morgan fingerprint density at radius 1 is 1.19 bits per heavy atom. The third kappa shape index (κ3) is 5.34. The summed E-state index contributed by atoms with van der Waals surface area (Å²) in [7, 11) is -3.53. The Bertz CT molecular complexity index is 1020. The second kappa shape index (κ2) is 10.4. The van der Waals surface area contributed by atoms with Gasteiger partial charge in [-0.25, -0.2) is 8.42 Å². The summed E-state index contributed by atoms with van der Waals surface area (Å²) in [5.74, 6) is -0.126. The second-order valence-corrected chi connectivity index (χ2v) is 10.3. The first-order valence-electron chi connectivity index (χ1n) is 10.6. The van der Waals surface area contributed by atoms with Gasteiger partial charge in [-0.2, -0.15) is 4.31 Å². The lowest BCUT2D eigenvalue weighted by atomic mass is 10.0. The van der Waals surface area contributed by atoms with Crippen molar-refractivity contribution in [1.82, 2.24) is 9.62 Å². The topological polar surface area (TPSA) is 86.8 Å². The van der Waals surface area contributed by atoms with E-state index in [1.807, 2.05) is 25.3 Å². The molecule has 1 aliphatic rings. The molecule has 1 N–H and O–H groups in total. The van der Waals surface area contributed by atoms with E-state index in [9.17, 15) is 18.0 Å². The zero-order chi connectivity index (χ0) is 22.4. The molecule has 3 rings (SSSR count). The number of carbonyl (C=O) groups is 2. The lowest BCUT2D eigenvalue weighted by molar-refractivity contribution is -0.118. The average Bonchev–Trinajstić information content (AvgIpc) is 3.31. The zero-order valence-electron chi connectivity index (χ0n) is 18.0. The van der Waals surface area contributed by atoms with Gasteiger partial charge in [0.15, 0.2) is 0 Å². The average molecular weight is 464 g/mol. The summed E-state index contributed by atoms with van der Waals surface area (Å²) in [5, 5.41) is 4.69. The van der Waals surface area contributed by atoms with E-state index < -0.39 is 10.0 Å². The van der Waals surface area contributed by atoms with Crippen molar-refractivity contribution in [2.24, 2.45) is 0 Å². The van der Waals surface area contributed by atoms with Crippen LogP contribution in [0.3, 0.4) is 0 Å². The summed E-state index contributed by atoms with van der Waals surface area (Å²) in [4.78, 5) is 27.5. The fourth-order valence-electron chi connectivity index (χ4n) is 3.78. The van der Waals surface area contributed by atoms with Gasteiger partial charge in [-0.15, -0.1) is 11.3 Å². The maximum Gasteiger partial charge on any atom is 0.261 e. The molecule has 0 bridgehead atoms. The molecule has 7 nitrogen and oxygen atoms in total. The van der Waals surface area contributed by atoms with Crippen LogP contribution in [0.1, 0.15) is 48.3 Å². The number of aryl methyl sites for hydroxylation is 1. The number of carbonyl (C=O) groups excluding carboxylic acids is 2. The number of nitrogens with zero attached hydrogens (tertiary/aromatic N) is 2. The molecule has 0 spiro atoms. The number of anilines is 1. The van der Waals surface area contributed by atoms with Crippen LogP contribution in [0.4, 0.5) is 5.69 Å². The van der Waals surface area contributed by atoms with Gasteiger partial charge in [0, 0.05) is 38.3 Å². The molecule has 1 aromatic heterocycles. The van der Waals surface area contributed by atoms with Crippen LogP contribution in [0.2, 0.25) is 0 Å². The number of hydrogen-bond donors (Lipinski definition) is 1. The first kappa shape index (κ1) is 23.4. The highest BCUT2D eigenvalue weighted by molar-refractivity contribution is 7.89. The van der Waals surface area contributed by atoms with E-state index >= 15 is 0 Å². The van der Waals surface area contributed by atoms with Gasteiger partial charge in [0.1, 0.15) is 0 Å². The van der Waals surface area contributed by atoms with E-state index in [1.54, 1.807) is 29.2 Å². The Hall–Kier alpha value is -2.23. The van der Waals surface area contributed by atoms with Crippen molar-refractivity contribution in [3.8, 4) is 0 Å². The largest absolute Gasteiger partial charge is 0.351 e. The molecule has 2 amide bonds. The third-order valence-electron chi connectivity index (χ3n) is 5.41. The van der Waals surface area contributed by atoms with E-state index in [1.165, 1.54) is 15.6 Å². The normalized spacial score (nSPS) is 13.8. The molecule has 2 aromatic rings. The monoisotopic (exact) mass is 463 g/mol. The molecule has 0 radical (unpaired) electrons. The zero-order valence-corrected chi connectivity index (χ0v) is 19.6. The van der Waals surface area contributed by atoms with Crippen LogP contribution in [0.25, 0.3) is 0 Å². The lowest BCUT2D eigenvalue weighted by Crippen LogP contribution is -2.36. The summed E-state index contributed by atoms with van der Waals surface area (Å²) in [6.45, 7) is 5.54. The number of thiophene rings is 1. The van der Waals surface area contributed by atoms with E-state index in [-0.39, 0.29) is 16.7 Å².